The van der Waals surface area contributed by atoms with Gasteiger partial charge in [-0.2, -0.15) is 10.1 Å². The van der Waals surface area contributed by atoms with Gasteiger partial charge in [-0.3, -0.25) is 4.79 Å². The van der Waals surface area contributed by atoms with Gasteiger partial charge in [0.25, 0.3) is 5.91 Å². The Morgan fingerprint density at radius 3 is 2.60 bits per heavy atom. The Balaban J connectivity index is 1.53. The number of hydrogen-bond donors (Lipinski definition) is 1. The molecule has 4 rings (SSSR count). The van der Waals surface area contributed by atoms with Crippen molar-refractivity contribution in [1.29, 1.82) is 0 Å². The zero-order valence-corrected chi connectivity index (χ0v) is 19.7. The molecule has 1 aliphatic heterocycles. The fraction of sp³-hybridized carbons (Fsp3) is 0.280. The van der Waals surface area contributed by atoms with Crippen LogP contribution in [0.4, 0.5) is 10.5 Å². The summed E-state index contributed by atoms with van der Waals surface area (Å²) in [5.41, 5.74) is 2.80. The van der Waals surface area contributed by atoms with Gasteiger partial charge in [-0.25, -0.2) is 9.78 Å². The van der Waals surface area contributed by atoms with Gasteiger partial charge < -0.3 is 23.9 Å². The van der Waals surface area contributed by atoms with Gasteiger partial charge in [-0.1, -0.05) is 19.1 Å². The molecule has 35 heavy (non-hydrogen) atoms. The first-order valence-corrected chi connectivity index (χ1v) is 11.2. The number of hydrazone groups is 1. The number of hydrogen-bond acceptors (Lipinski definition) is 8. The van der Waals surface area contributed by atoms with Crippen LogP contribution in [0.2, 0.25) is 0 Å². The number of rotatable bonds is 9. The van der Waals surface area contributed by atoms with Gasteiger partial charge in [-0.05, 0) is 49.2 Å². The number of methoxy groups -OCH3 is 1. The summed E-state index contributed by atoms with van der Waals surface area (Å²) in [6, 6.07) is 12.6. The van der Waals surface area contributed by atoms with Gasteiger partial charge in [0, 0.05) is 11.3 Å². The van der Waals surface area contributed by atoms with E-state index in [1.54, 1.807) is 31.4 Å². The second-order valence-corrected chi connectivity index (χ2v) is 7.64. The highest BCUT2D eigenvalue weighted by Crippen LogP contribution is 2.30. The van der Waals surface area contributed by atoms with Gasteiger partial charge in [0.2, 0.25) is 5.76 Å². The van der Waals surface area contributed by atoms with E-state index in [9.17, 15) is 9.59 Å². The maximum atomic E-state index is 12.6. The minimum Gasteiger partial charge on any atom is -0.493 e. The molecule has 2 aromatic carbocycles. The summed E-state index contributed by atoms with van der Waals surface area (Å²) in [4.78, 5) is 28.5. The molecule has 1 unspecified atom stereocenters. The molecule has 1 aromatic heterocycles. The molecule has 3 aromatic rings. The second-order valence-electron chi connectivity index (χ2n) is 7.64. The molecule has 2 heterocycles. The number of aromatic nitrogens is 1. The standard InChI is InChI=1S/C25H26N4O6/c1-4-19-23(17-8-11-20(32-3)21(12-17)33-5-2)28-29(25(31)35-19)14-16-6-9-18(10-7-16)27-24(30)22-13-26-15-34-22/h6-13,15,19H,4-5,14H2,1-3H3,(H,27,30). The van der Waals surface area contributed by atoms with Crippen LogP contribution in [0.15, 0.2) is 64.6 Å². The topological polar surface area (TPSA) is 115 Å². The zero-order chi connectivity index (χ0) is 24.8. The van der Waals surface area contributed by atoms with Crippen LogP contribution in [0.1, 0.15) is 41.9 Å². The molecule has 0 fully saturated rings. The van der Waals surface area contributed by atoms with Crippen LogP contribution in [-0.4, -0.2) is 47.5 Å². The maximum Gasteiger partial charge on any atom is 0.431 e. The number of nitrogens with one attached hydrogen (secondary N) is 1. The quantitative estimate of drug-likeness (QED) is 0.482. The molecular weight excluding hydrogens is 452 g/mol. The van der Waals surface area contributed by atoms with E-state index in [-0.39, 0.29) is 12.3 Å². The molecule has 2 amide bonds. The van der Waals surface area contributed by atoms with E-state index in [0.717, 1.165) is 11.1 Å². The van der Waals surface area contributed by atoms with E-state index in [1.807, 2.05) is 32.0 Å². The third kappa shape index (κ3) is 5.43. The highest BCUT2D eigenvalue weighted by Gasteiger charge is 2.31. The number of benzene rings is 2. The van der Waals surface area contributed by atoms with E-state index in [2.05, 4.69) is 15.4 Å². The molecule has 1 N–H and O–H groups in total. The van der Waals surface area contributed by atoms with E-state index in [1.165, 1.54) is 17.6 Å². The molecule has 10 heteroatoms. The Bertz CT molecular complexity index is 1210. The van der Waals surface area contributed by atoms with Crippen molar-refractivity contribution in [1.82, 2.24) is 9.99 Å². The summed E-state index contributed by atoms with van der Waals surface area (Å²) < 4.78 is 21.7. The number of carbonyl (C=O) groups excluding carboxylic acids is 2. The lowest BCUT2D eigenvalue weighted by Gasteiger charge is -2.29. The molecule has 182 valence electrons. The lowest BCUT2D eigenvalue weighted by Crippen LogP contribution is -2.41. The highest BCUT2D eigenvalue weighted by molar-refractivity contribution is 6.06. The number of cyclic esters (lactones) is 1. The molecule has 1 aliphatic rings. The van der Waals surface area contributed by atoms with Crippen molar-refractivity contribution in [3.8, 4) is 11.5 Å². The summed E-state index contributed by atoms with van der Waals surface area (Å²) in [5.74, 6) is 0.921. The van der Waals surface area contributed by atoms with Crippen molar-refractivity contribution in [3.05, 3.63) is 71.9 Å². The Hall–Kier alpha value is -4.34. The number of oxazole rings is 1. The fourth-order valence-electron chi connectivity index (χ4n) is 3.59. The Kier molecular flexibility index (Phi) is 7.30. The molecule has 0 saturated carbocycles. The van der Waals surface area contributed by atoms with Crippen LogP contribution in [0.3, 0.4) is 0 Å². The average molecular weight is 479 g/mol. The minimum atomic E-state index is -0.526. The first-order chi connectivity index (χ1) is 17.0. The summed E-state index contributed by atoms with van der Waals surface area (Å²) >= 11 is 0. The van der Waals surface area contributed by atoms with Crippen LogP contribution < -0.4 is 14.8 Å². The van der Waals surface area contributed by atoms with Crippen molar-refractivity contribution < 1.29 is 28.2 Å². The van der Waals surface area contributed by atoms with Crippen LogP contribution in [-0.2, 0) is 11.3 Å². The Labute approximate surface area is 202 Å². The van der Waals surface area contributed by atoms with Crippen molar-refractivity contribution in [2.24, 2.45) is 5.10 Å². The molecular formula is C25H26N4O6. The zero-order valence-electron chi connectivity index (χ0n) is 19.7. The number of ether oxygens (including phenoxy) is 3. The number of nitrogens with zero attached hydrogens (tertiary/aromatic N) is 3. The van der Waals surface area contributed by atoms with Gasteiger partial charge in [0.15, 0.2) is 17.9 Å². The van der Waals surface area contributed by atoms with Crippen molar-refractivity contribution >= 4 is 23.4 Å². The van der Waals surface area contributed by atoms with Gasteiger partial charge in [0.05, 0.1) is 26.5 Å². The molecule has 0 bridgehead atoms. The average Bonchev–Trinajstić information content (AvgIpc) is 3.42. The Morgan fingerprint density at radius 2 is 1.94 bits per heavy atom. The summed E-state index contributed by atoms with van der Waals surface area (Å²) in [6.45, 7) is 4.51. The number of amides is 2. The van der Waals surface area contributed by atoms with Gasteiger partial charge >= 0.3 is 6.09 Å². The lowest BCUT2D eigenvalue weighted by atomic mass is 10.0. The van der Waals surface area contributed by atoms with Crippen molar-refractivity contribution in [2.75, 3.05) is 19.0 Å². The largest absolute Gasteiger partial charge is 0.493 e. The fourth-order valence-corrected chi connectivity index (χ4v) is 3.59. The maximum absolute atomic E-state index is 12.6. The van der Waals surface area contributed by atoms with Gasteiger partial charge in [0.1, 0.15) is 11.8 Å². The monoisotopic (exact) mass is 478 g/mol. The lowest BCUT2D eigenvalue weighted by molar-refractivity contribution is 0.0712. The molecule has 0 saturated heterocycles. The number of anilines is 1. The summed E-state index contributed by atoms with van der Waals surface area (Å²) in [6.07, 6.45) is 2.10. The predicted molar refractivity (Wildman–Crippen MR) is 128 cm³/mol. The Morgan fingerprint density at radius 1 is 1.14 bits per heavy atom. The van der Waals surface area contributed by atoms with Crippen molar-refractivity contribution in [3.63, 3.8) is 0 Å². The SMILES string of the molecule is CCOc1cc(C2=NN(Cc3ccc(NC(=O)c4cnco4)cc3)C(=O)OC2CC)ccc1OC. The van der Waals surface area contributed by atoms with Gasteiger partial charge in [-0.15, -0.1) is 0 Å². The van der Waals surface area contributed by atoms with E-state index >= 15 is 0 Å². The number of carbonyl (C=O) groups is 2. The molecule has 0 radical (unpaired) electrons. The molecule has 1 atom stereocenters. The van der Waals surface area contributed by atoms with Crippen LogP contribution in [0, 0.1) is 0 Å². The highest BCUT2D eigenvalue weighted by atomic mass is 16.6. The summed E-state index contributed by atoms with van der Waals surface area (Å²) in [5, 5.41) is 8.64. The van der Waals surface area contributed by atoms with Crippen LogP contribution in [0.25, 0.3) is 0 Å². The minimum absolute atomic E-state index is 0.114. The summed E-state index contributed by atoms with van der Waals surface area (Å²) in [7, 11) is 1.58. The normalized spacial score (nSPS) is 15.3. The van der Waals surface area contributed by atoms with Crippen molar-refractivity contribution in [2.45, 2.75) is 32.9 Å². The first kappa shape index (κ1) is 23.8. The van der Waals surface area contributed by atoms with E-state index in [0.29, 0.717) is 35.9 Å². The molecule has 10 nitrogen and oxygen atoms in total. The third-order valence-electron chi connectivity index (χ3n) is 5.32. The van der Waals surface area contributed by atoms with Crippen LogP contribution in [0.5, 0.6) is 11.5 Å². The van der Waals surface area contributed by atoms with E-state index in [4.69, 9.17) is 18.6 Å². The first-order valence-electron chi connectivity index (χ1n) is 11.2. The van der Waals surface area contributed by atoms with E-state index < -0.39 is 18.1 Å². The third-order valence-corrected chi connectivity index (χ3v) is 5.32. The second kappa shape index (κ2) is 10.7. The molecule has 0 spiro atoms. The smallest absolute Gasteiger partial charge is 0.431 e. The predicted octanol–water partition coefficient (Wildman–Crippen LogP) is 4.47. The molecule has 0 aliphatic carbocycles. The van der Waals surface area contributed by atoms with Crippen LogP contribution >= 0.6 is 0 Å².